The molecule has 2 aliphatic carbocycles. The first kappa shape index (κ1) is 13.2. The zero-order chi connectivity index (χ0) is 15.6. The van der Waals surface area contributed by atoms with Crippen molar-refractivity contribution in [3.05, 3.63) is 42.0 Å². The molecule has 2 bridgehead atoms. The number of carbonyl (C=O) groups is 3. The molecule has 22 heavy (non-hydrogen) atoms. The molecule has 1 aromatic carbocycles. The van der Waals surface area contributed by atoms with Crippen LogP contribution < -0.4 is 4.90 Å². The van der Waals surface area contributed by atoms with Gasteiger partial charge in [0.1, 0.15) is 0 Å². The number of anilines is 1. The van der Waals surface area contributed by atoms with Crippen LogP contribution in [0.5, 0.6) is 0 Å². The van der Waals surface area contributed by atoms with Crippen LogP contribution in [-0.2, 0) is 9.59 Å². The van der Waals surface area contributed by atoms with Crippen LogP contribution in [0.4, 0.5) is 5.69 Å². The Bertz CT molecular complexity index is 753. The van der Waals surface area contributed by atoms with E-state index < -0.39 is 11.4 Å². The predicted molar refractivity (Wildman–Crippen MR) is 78.2 cm³/mol. The van der Waals surface area contributed by atoms with Gasteiger partial charge in [0.15, 0.2) is 0 Å². The monoisotopic (exact) mass is 297 g/mol. The number of imide groups is 1. The molecule has 1 saturated heterocycles. The molecular formula is C17H15NO4. The summed E-state index contributed by atoms with van der Waals surface area (Å²) < 4.78 is 0. The summed E-state index contributed by atoms with van der Waals surface area (Å²) in [4.78, 5) is 38.3. The van der Waals surface area contributed by atoms with Gasteiger partial charge >= 0.3 is 5.97 Å². The Hall–Kier alpha value is -2.43. The summed E-state index contributed by atoms with van der Waals surface area (Å²) in [6.07, 6.45) is 4.89. The summed E-state index contributed by atoms with van der Waals surface area (Å²) >= 11 is 0. The van der Waals surface area contributed by atoms with Crippen LogP contribution in [0.1, 0.15) is 23.7 Å². The van der Waals surface area contributed by atoms with Gasteiger partial charge in [-0.2, -0.15) is 0 Å². The number of para-hydroxylation sites is 1. The van der Waals surface area contributed by atoms with Crippen LogP contribution in [0.25, 0.3) is 0 Å². The average Bonchev–Trinajstić information content (AvgIpc) is 3.12. The second-order valence-electron chi connectivity index (χ2n) is 6.45. The van der Waals surface area contributed by atoms with Gasteiger partial charge in [-0.3, -0.25) is 9.59 Å². The van der Waals surface area contributed by atoms with Gasteiger partial charge < -0.3 is 5.11 Å². The van der Waals surface area contributed by atoms with Crippen molar-refractivity contribution >= 4 is 23.5 Å². The van der Waals surface area contributed by atoms with Gasteiger partial charge in [-0.05, 0) is 37.3 Å². The molecule has 5 nitrogen and oxygen atoms in total. The van der Waals surface area contributed by atoms with Crippen molar-refractivity contribution in [2.24, 2.45) is 23.2 Å². The molecular weight excluding hydrogens is 282 g/mol. The summed E-state index contributed by atoms with van der Waals surface area (Å²) in [5.74, 6) is -1.88. The molecule has 5 heteroatoms. The third kappa shape index (κ3) is 1.36. The fourth-order valence-electron chi connectivity index (χ4n) is 4.38. The van der Waals surface area contributed by atoms with Gasteiger partial charge in [0.05, 0.1) is 22.6 Å². The van der Waals surface area contributed by atoms with Crippen molar-refractivity contribution in [3.8, 4) is 0 Å². The van der Waals surface area contributed by atoms with Crippen LogP contribution in [-0.4, -0.2) is 22.9 Å². The number of benzene rings is 1. The van der Waals surface area contributed by atoms with Crippen molar-refractivity contribution in [3.63, 3.8) is 0 Å². The molecule has 3 aliphatic rings. The highest BCUT2D eigenvalue weighted by Gasteiger charge is 2.67. The molecule has 112 valence electrons. The molecule has 0 radical (unpaired) electrons. The first-order valence-corrected chi connectivity index (χ1v) is 7.35. The van der Waals surface area contributed by atoms with Gasteiger partial charge in [-0.25, -0.2) is 9.69 Å². The normalized spacial score (nSPS) is 35.3. The second-order valence-corrected chi connectivity index (χ2v) is 6.45. The van der Waals surface area contributed by atoms with Gasteiger partial charge in [-0.1, -0.05) is 24.3 Å². The maximum atomic E-state index is 13.0. The summed E-state index contributed by atoms with van der Waals surface area (Å²) in [7, 11) is 0. The molecule has 2 amide bonds. The first-order valence-electron chi connectivity index (χ1n) is 7.35. The van der Waals surface area contributed by atoms with E-state index in [1.807, 2.05) is 19.1 Å². The third-order valence-corrected chi connectivity index (χ3v) is 5.49. The molecule has 1 aromatic rings. The van der Waals surface area contributed by atoms with Gasteiger partial charge in [0.2, 0.25) is 11.8 Å². The van der Waals surface area contributed by atoms with E-state index in [2.05, 4.69) is 0 Å². The standard InChI is InChI=1S/C17H15NO4/c1-17-10-7-6-9(8-10)13(17)14(19)18(16(17)22)12-5-3-2-4-11(12)15(20)21/h2-7,9-10,13H,8H2,1H3,(H,20,21)/t9-,10+,13?,17?/m1/s1. The number of carboxylic acid groups (broad SMARTS) is 1. The number of hydrogen-bond donors (Lipinski definition) is 1. The number of carboxylic acids is 1. The van der Waals surface area contributed by atoms with Crippen molar-refractivity contribution in [1.82, 2.24) is 0 Å². The SMILES string of the molecule is CC12C(=O)N(c3ccccc3C(=O)O)C(=O)C1[C@@H]1C=C[C@H]2C1. The molecule has 1 N–H and O–H groups in total. The zero-order valence-electron chi connectivity index (χ0n) is 12.0. The third-order valence-electron chi connectivity index (χ3n) is 5.49. The van der Waals surface area contributed by atoms with Crippen LogP contribution >= 0.6 is 0 Å². The van der Waals surface area contributed by atoms with Crippen molar-refractivity contribution in [2.45, 2.75) is 13.3 Å². The lowest BCUT2D eigenvalue weighted by molar-refractivity contribution is -0.127. The highest BCUT2D eigenvalue weighted by atomic mass is 16.4. The Morgan fingerprint density at radius 1 is 1.27 bits per heavy atom. The largest absolute Gasteiger partial charge is 0.478 e. The predicted octanol–water partition coefficient (Wildman–Crippen LogP) is 2.09. The van der Waals surface area contributed by atoms with Crippen molar-refractivity contribution in [2.75, 3.05) is 4.90 Å². The maximum absolute atomic E-state index is 13.0. The minimum absolute atomic E-state index is 0.0203. The molecule has 2 unspecified atom stereocenters. The van der Waals surface area contributed by atoms with Gasteiger partial charge in [-0.15, -0.1) is 0 Å². The second kappa shape index (κ2) is 4.06. The van der Waals surface area contributed by atoms with E-state index in [0.29, 0.717) is 0 Å². The van der Waals surface area contributed by atoms with Crippen LogP contribution in [0.15, 0.2) is 36.4 Å². The fourth-order valence-corrected chi connectivity index (χ4v) is 4.38. The van der Waals surface area contributed by atoms with Gasteiger partial charge in [0, 0.05) is 0 Å². The van der Waals surface area contributed by atoms with Crippen LogP contribution in [0.2, 0.25) is 0 Å². The summed E-state index contributed by atoms with van der Waals surface area (Å²) in [5.41, 5.74) is -0.574. The van der Waals surface area contributed by atoms with Crippen molar-refractivity contribution < 1.29 is 19.5 Å². The van der Waals surface area contributed by atoms with E-state index >= 15 is 0 Å². The van der Waals surface area contributed by atoms with Crippen molar-refractivity contribution in [1.29, 1.82) is 0 Å². The summed E-state index contributed by atoms with van der Waals surface area (Å²) in [5, 5.41) is 9.32. The number of rotatable bonds is 2. The van der Waals surface area contributed by atoms with E-state index in [-0.39, 0.29) is 40.8 Å². The minimum Gasteiger partial charge on any atom is -0.478 e. The smallest absolute Gasteiger partial charge is 0.337 e. The Labute approximate surface area is 127 Å². The lowest BCUT2D eigenvalue weighted by atomic mass is 9.71. The Morgan fingerprint density at radius 2 is 2.00 bits per heavy atom. The van der Waals surface area contributed by atoms with E-state index in [9.17, 15) is 19.5 Å². The molecule has 2 fully saturated rings. The van der Waals surface area contributed by atoms with E-state index in [4.69, 9.17) is 0 Å². The number of carbonyl (C=O) groups excluding carboxylic acids is 2. The number of nitrogens with zero attached hydrogens (tertiary/aromatic N) is 1. The number of fused-ring (bicyclic) bond motifs is 5. The lowest BCUT2D eigenvalue weighted by Gasteiger charge is -2.28. The Balaban J connectivity index is 1.85. The highest BCUT2D eigenvalue weighted by Crippen LogP contribution is 2.61. The van der Waals surface area contributed by atoms with Gasteiger partial charge in [0.25, 0.3) is 0 Å². The lowest BCUT2D eigenvalue weighted by Crippen LogP contribution is -2.38. The Morgan fingerprint density at radius 3 is 2.68 bits per heavy atom. The van der Waals surface area contributed by atoms with Crippen LogP contribution in [0.3, 0.4) is 0 Å². The number of amides is 2. The van der Waals surface area contributed by atoms with E-state index in [1.165, 1.54) is 12.1 Å². The minimum atomic E-state index is -1.14. The first-order chi connectivity index (χ1) is 10.5. The molecule has 0 aromatic heterocycles. The van der Waals surface area contributed by atoms with Crippen LogP contribution in [0, 0.1) is 23.2 Å². The molecule has 4 rings (SSSR count). The Kier molecular flexibility index (Phi) is 2.45. The molecule has 4 atom stereocenters. The number of aromatic carboxylic acids is 1. The number of hydrogen-bond acceptors (Lipinski definition) is 3. The number of allylic oxidation sites excluding steroid dienone is 2. The fraction of sp³-hybridized carbons (Fsp3) is 0.353. The van der Waals surface area contributed by atoms with E-state index in [0.717, 1.165) is 11.3 Å². The summed E-state index contributed by atoms with van der Waals surface area (Å²) in [6, 6.07) is 6.18. The van der Waals surface area contributed by atoms with E-state index in [1.54, 1.807) is 12.1 Å². The quantitative estimate of drug-likeness (QED) is 0.670. The summed E-state index contributed by atoms with van der Waals surface area (Å²) in [6.45, 7) is 1.84. The topological polar surface area (TPSA) is 74.7 Å². The zero-order valence-corrected chi connectivity index (χ0v) is 12.0. The highest BCUT2D eigenvalue weighted by molar-refractivity contribution is 6.25. The average molecular weight is 297 g/mol. The maximum Gasteiger partial charge on any atom is 0.337 e. The molecule has 1 saturated carbocycles. The molecule has 1 heterocycles. The molecule has 0 spiro atoms. The molecule has 1 aliphatic heterocycles.